The van der Waals surface area contributed by atoms with Gasteiger partial charge in [-0.3, -0.25) is 4.98 Å². The van der Waals surface area contributed by atoms with Gasteiger partial charge in [-0.15, -0.1) is 11.3 Å². The largest absolute Gasteiger partial charge is 0.383 e. The van der Waals surface area contributed by atoms with E-state index >= 15 is 0 Å². The lowest BCUT2D eigenvalue weighted by atomic mass is 10.1. The van der Waals surface area contributed by atoms with Crippen molar-refractivity contribution in [2.45, 2.75) is 57.4 Å². The number of halogens is 2. The van der Waals surface area contributed by atoms with E-state index in [2.05, 4.69) is 20.6 Å². The Morgan fingerprint density at radius 2 is 2.03 bits per heavy atom. The van der Waals surface area contributed by atoms with Crippen molar-refractivity contribution in [1.82, 2.24) is 19.9 Å². The Bertz CT molecular complexity index is 1140. The molecule has 0 radical (unpaired) electrons. The fourth-order valence-electron chi connectivity index (χ4n) is 4.48. The van der Waals surface area contributed by atoms with Gasteiger partial charge in [0.1, 0.15) is 16.3 Å². The molecule has 2 saturated carbocycles. The van der Waals surface area contributed by atoms with Gasteiger partial charge in [0.05, 0.1) is 28.3 Å². The summed E-state index contributed by atoms with van der Waals surface area (Å²) in [6, 6.07) is 1.94. The minimum absolute atomic E-state index is 0.0538. The molecule has 0 bridgehead atoms. The van der Waals surface area contributed by atoms with E-state index in [-0.39, 0.29) is 6.04 Å². The molecule has 0 amide bonds. The van der Waals surface area contributed by atoms with Crippen LogP contribution in [0.15, 0.2) is 12.3 Å². The standard InChI is InChI=1S/C23H28F2N6OS/c1-12-17(22-30-19-16(33-22)7-8-26-18(19)13-3-4-13)21(31-23(28-12)27-9-10-32-2)29-15-6-5-14(11-15)20(24)25/h7-8,13-15,20H,3-6,9-11H2,1-2H3,(H2,27,28,29,31). The molecule has 2 fully saturated rings. The molecule has 2 aliphatic carbocycles. The van der Waals surface area contributed by atoms with E-state index in [4.69, 9.17) is 14.7 Å². The summed E-state index contributed by atoms with van der Waals surface area (Å²) in [5.74, 6) is 1.06. The fraction of sp³-hybridized carbons (Fsp3) is 0.565. The number of alkyl halides is 2. The molecule has 2 N–H and O–H groups in total. The van der Waals surface area contributed by atoms with Gasteiger partial charge in [-0.05, 0) is 45.1 Å². The first kappa shape index (κ1) is 22.3. The summed E-state index contributed by atoms with van der Waals surface area (Å²) >= 11 is 1.60. The van der Waals surface area contributed by atoms with Gasteiger partial charge in [0.15, 0.2) is 0 Å². The minimum atomic E-state index is -2.28. The molecule has 33 heavy (non-hydrogen) atoms. The second kappa shape index (κ2) is 9.42. The third-order valence-corrected chi connectivity index (χ3v) is 7.40. The molecule has 10 heteroatoms. The number of hydrogen-bond donors (Lipinski definition) is 2. The molecule has 0 spiro atoms. The number of methoxy groups -OCH3 is 1. The Balaban J connectivity index is 1.51. The van der Waals surface area contributed by atoms with Crippen LogP contribution in [0.3, 0.4) is 0 Å². The van der Waals surface area contributed by atoms with Crippen molar-refractivity contribution in [1.29, 1.82) is 0 Å². The second-order valence-corrected chi connectivity index (χ2v) is 9.89. The van der Waals surface area contributed by atoms with Crippen LogP contribution in [-0.2, 0) is 4.74 Å². The van der Waals surface area contributed by atoms with E-state index in [0.717, 1.165) is 45.0 Å². The third-order valence-electron chi connectivity index (χ3n) is 6.36. The third kappa shape index (κ3) is 4.77. The SMILES string of the molecule is COCCNc1nc(C)c(-c2nc3c(C4CC4)nccc3s2)c(NC2CCC(C(F)F)C2)n1. The van der Waals surface area contributed by atoms with E-state index < -0.39 is 12.3 Å². The van der Waals surface area contributed by atoms with Gasteiger partial charge in [0.25, 0.3) is 0 Å². The summed E-state index contributed by atoms with van der Waals surface area (Å²) in [6.45, 7) is 3.04. The van der Waals surface area contributed by atoms with Crippen LogP contribution >= 0.6 is 11.3 Å². The van der Waals surface area contributed by atoms with E-state index in [1.165, 1.54) is 0 Å². The normalized spacial score (nSPS) is 20.6. The number of aryl methyl sites for hydroxylation is 1. The molecule has 0 aliphatic heterocycles. The van der Waals surface area contributed by atoms with Crippen LogP contribution in [0, 0.1) is 12.8 Å². The molecule has 3 aromatic heterocycles. The Morgan fingerprint density at radius 1 is 1.18 bits per heavy atom. The van der Waals surface area contributed by atoms with E-state index in [0.29, 0.717) is 50.1 Å². The van der Waals surface area contributed by atoms with Crippen LogP contribution in [0.1, 0.15) is 49.4 Å². The average Bonchev–Trinajstić information content (AvgIpc) is 3.36. The van der Waals surface area contributed by atoms with Crippen LogP contribution in [0.5, 0.6) is 0 Å². The summed E-state index contributed by atoms with van der Waals surface area (Å²) in [5, 5.41) is 7.46. The fourth-order valence-corrected chi connectivity index (χ4v) is 5.55. The van der Waals surface area contributed by atoms with Crippen LogP contribution in [0.25, 0.3) is 20.8 Å². The van der Waals surface area contributed by atoms with Crippen LogP contribution in [0.2, 0.25) is 0 Å². The maximum Gasteiger partial charge on any atom is 0.241 e. The van der Waals surface area contributed by atoms with Gasteiger partial charge < -0.3 is 15.4 Å². The summed E-state index contributed by atoms with van der Waals surface area (Å²) in [6.07, 6.45) is 3.53. The van der Waals surface area contributed by atoms with Gasteiger partial charge in [0.2, 0.25) is 12.4 Å². The molecular weight excluding hydrogens is 446 g/mol. The highest BCUT2D eigenvalue weighted by atomic mass is 32.1. The maximum atomic E-state index is 13.2. The number of hydrogen-bond acceptors (Lipinski definition) is 8. The highest BCUT2D eigenvalue weighted by Gasteiger charge is 2.32. The number of ether oxygens (including phenoxy) is 1. The first-order valence-electron chi connectivity index (χ1n) is 11.5. The molecule has 176 valence electrons. The molecule has 7 nitrogen and oxygen atoms in total. The van der Waals surface area contributed by atoms with E-state index in [1.54, 1.807) is 18.4 Å². The van der Waals surface area contributed by atoms with Gasteiger partial charge in [-0.25, -0.2) is 18.7 Å². The minimum Gasteiger partial charge on any atom is -0.383 e. The quantitative estimate of drug-likeness (QED) is 0.410. The summed E-state index contributed by atoms with van der Waals surface area (Å²) in [7, 11) is 1.64. The second-order valence-electron chi connectivity index (χ2n) is 8.86. The molecular formula is C23H28F2N6OS. The van der Waals surface area contributed by atoms with E-state index in [1.807, 2.05) is 19.2 Å². The van der Waals surface area contributed by atoms with Crippen molar-refractivity contribution >= 4 is 33.3 Å². The van der Waals surface area contributed by atoms with Crippen molar-refractivity contribution in [2.24, 2.45) is 5.92 Å². The molecule has 2 atom stereocenters. The lowest BCUT2D eigenvalue weighted by Crippen LogP contribution is -2.20. The van der Waals surface area contributed by atoms with Crippen molar-refractivity contribution in [3.05, 3.63) is 23.7 Å². The van der Waals surface area contributed by atoms with Crippen LogP contribution < -0.4 is 10.6 Å². The van der Waals surface area contributed by atoms with Crippen LogP contribution in [0.4, 0.5) is 20.5 Å². The average molecular weight is 475 g/mol. The van der Waals surface area contributed by atoms with Crippen molar-refractivity contribution < 1.29 is 13.5 Å². The topological polar surface area (TPSA) is 84.8 Å². The van der Waals surface area contributed by atoms with Crippen molar-refractivity contribution in [3.8, 4) is 10.6 Å². The zero-order chi connectivity index (χ0) is 22.9. The van der Waals surface area contributed by atoms with Gasteiger partial charge >= 0.3 is 0 Å². The number of rotatable bonds is 9. The highest BCUT2D eigenvalue weighted by Crippen LogP contribution is 2.44. The molecule has 0 saturated heterocycles. The summed E-state index contributed by atoms with van der Waals surface area (Å²) in [4.78, 5) is 18.9. The Labute approximate surface area is 195 Å². The predicted molar refractivity (Wildman–Crippen MR) is 126 cm³/mol. The maximum absolute atomic E-state index is 13.2. The number of thiazole rings is 1. The highest BCUT2D eigenvalue weighted by molar-refractivity contribution is 7.21. The van der Waals surface area contributed by atoms with Gasteiger partial charge in [-0.1, -0.05) is 0 Å². The molecule has 3 heterocycles. The first-order chi connectivity index (χ1) is 16.0. The molecule has 3 aromatic rings. The molecule has 2 unspecified atom stereocenters. The Hall–Kier alpha value is -2.46. The lowest BCUT2D eigenvalue weighted by molar-refractivity contribution is 0.0803. The molecule has 0 aromatic carbocycles. The monoisotopic (exact) mass is 474 g/mol. The number of nitrogens with one attached hydrogen (secondary N) is 2. The molecule has 2 aliphatic rings. The van der Waals surface area contributed by atoms with E-state index in [9.17, 15) is 8.78 Å². The lowest BCUT2D eigenvalue weighted by Gasteiger charge is -2.18. The first-order valence-corrected chi connectivity index (χ1v) is 12.3. The zero-order valence-electron chi connectivity index (χ0n) is 18.8. The van der Waals surface area contributed by atoms with Gasteiger partial charge in [-0.2, -0.15) is 4.98 Å². The number of fused-ring (bicyclic) bond motifs is 1. The Kier molecular flexibility index (Phi) is 6.38. The summed E-state index contributed by atoms with van der Waals surface area (Å²) < 4.78 is 32.7. The summed E-state index contributed by atoms with van der Waals surface area (Å²) in [5.41, 5.74) is 3.63. The van der Waals surface area contributed by atoms with Crippen molar-refractivity contribution in [2.75, 3.05) is 30.9 Å². The Morgan fingerprint density at radius 3 is 2.76 bits per heavy atom. The smallest absolute Gasteiger partial charge is 0.241 e. The number of pyridine rings is 1. The van der Waals surface area contributed by atoms with Crippen molar-refractivity contribution in [3.63, 3.8) is 0 Å². The van der Waals surface area contributed by atoms with Gasteiger partial charge in [0, 0.05) is 37.7 Å². The molecule has 5 rings (SSSR count). The predicted octanol–water partition coefficient (Wildman–Crippen LogP) is 5.24. The number of aromatic nitrogens is 4. The zero-order valence-corrected chi connectivity index (χ0v) is 19.6. The number of anilines is 2. The van der Waals surface area contributed by atoms with Crippen LogP contribution in [-0.4, -0.2) is 52.7 Å². The number of nitrogens with zero attached hydrogens (tertiary/aromatic N) is 4.